The highest BCUT2D eigenvalue weighted by Crippen LogP contribution is 2.23. The maximum atomic E-state index is 12.1. The van der Waals surface area contributed by atoms with Crippen LogP contribution in [0.4, 0.5) is 4.79 Å². The van der Waals surface area contributed by atoms with Crippen LogP contribution >= 0.6 is 0 Å². The number of nitrogens with one attached hydrogen (secondary N) is 2. The number of piperidine rings is 1. The van der Waals surface area contributed by atoms with E-state index in [4.69, 9.17) is 0 Å². The first-order valence-corrected chi connectivity index (χ1v) is 8.97. The van der Waals surface area contributed by atoms with Crippen LogP contribution < -0.4 is 10.6 Å². The number of carbonyl (C=O) groups excluding carboxylic acids is 1. The van der Waals surface area contributed by atoms with Crippen LogP contribution in [0.25, 0.3) is 0 Å². The Labute approximate surface area is 142 Å². The van der Waals surface area contributed by atoms with Crippen LogP contribution in [0.1, 0.15) is 60.8 Å². The fourth-order valence-corrected chi connectivity index (χ4v) is 3.40. The van der Waals surface area contributed by atoms with Gasteiger partial charge in [-0.25, -0.2) is 4.79 Å². The molecule has 136 valence electrons. The molecule has 0 saturated carbocycles. The Morgan fingerprint density at radius 1 is 1.26 bits per heavy atom. The van der Waals surface area contributed by atoms with Crippen molar-refractivity contribution in [3.05, 3.63) is 0 Å². The average molecular weight is 328 g/mol. The number of amides is 2. The van der Waals surface area contributed by atoms with E-state index in [9.17, 15) is 9.90 Å². The molecule has 0 bridgehead atoms. The van der Waals surface area contributed by atoms with Crippen LogP contribution in [0.5, 0.6) is 0 Å². The van der Waals surface area contributed by atoms with E-state index in [0.29, 0.717) is 19.5 Å². The van der Waals surface area contributed by atoms with E-state index in [1.165, 1.54) is 12.8 Å². The lowest BCUT2D eigenvalue weighted by Gasteiger charge is -2.43. The fraction of sp³-hybridized carbons (Fsp3) is 0.944. The molecule has 1 aliphatic rings. The van der Waals surface area contributed by atoms with Crippen LogP contribution in [-0.4, -0.2) is 53.9 Å². The zero-order valence-corrected chi connectivity index (χ0v) is 15.9. The number of nitrogens with zero attached hydrogens (tertiary/aromatic N) is 1. The van der Waals surface area contributed by atoms with E-state index in [-0.39, 0.29) is 23.1 Å². The molecule has 5 nitrogen and oxygen atoms in total. The molecule has 2 unspecified atom stereocenters. The van der Waals surface area contributed by atoms with Gasteiger partial charge in [-0.05, 0) is 57.9 Å². The molecule has 2 amide bonds. The first-order valence-electron chi connectivity index (χ1n) is 8.97. The van der Waals surface area contributed by atoms with Crippen molar-refractivity contribution in [2.45, 2.75) is 72.4 Å². The summed E-state index contributed by atoms with van der Waals surface area (Å²) in [6.07, 6.45) is 2.86. The molecule has 5 heteroatoms. The zero-order valence-electron chi connectivity index (χ0n) is 15.9. The minimum Gasteiger partial charge on any atom is -0.393 e. The second-order valence-electron chi connectivity index (χ2n) is 8.76. The summed E-state index contributed by atoms with van der Waals surface area (Å²) < 4.78 is 0. The third-order valence-corrected chi connectivity index (χ3v) is 4.77. The molecule has 1 aliphatic heterocycles. The predicted octanol–water partition coefficient (Wildman–Crippen LogP) is 2.59. The maximum Gasteiger partial charge on any atom is 0.314 e. The molecule has 1 saturated heterocycles. The molecule has 23 heavy (non-hydrogen) atoms. The van der Waals surface area contributed by atoms with Crippen molar-refractivity contribution in [1.82, 2.24) is 15.5 Å². The molecular formula is C18H37N3O2. The highest BCUT2D eigenvalue weighted by molar-refractivity contribution is 5.73. The van der Waals surface area contributed by atoms with Crippen molar-refractivity contribution >= 4 is 6.03 Å². The highest BCUT2D eigenvalue weighted by atomic mass is 16.3. The summed E-state index contributed by atoms with van der Waals surface area (Å²) in [6, 6.07) is -0.123. The van der Waals surface area contributed by atoms with Crippen molar-refractivity contribution in [3.8, 4) is 0 Å². The van der Waals surface area contributed by atoms with Crippen LogP contribution in [-0.2, 0) is 0 Å². The Morgan fingerprint density at radius 3 is 2.43 bits per heavy atom. The van der Waals surface area contributed by atoms with Gasteiger partial charge >= 0.3 is 6.03 Å². The molecule has 1 heterocycles. The van der Waals surface area contributed by atoms with E-state index < -0.39 is 0 Å². The van der Waals surface area contributed by atoms with Gasteiger partial charge in [0.25, 0.3) is 0 Å². The van der Waals surface area contributed by atoms with Gasteiger partial charge in [0.1, 0.15) is 0 Å². The smallest absolute Gasteiger partial charge is 0.314 e. The van der Waals surface area contributed by atoms with Gasteiger partial charge in [-0.2, -0.15) is 0 Å². The van der Waals surface area contributed by atoms with E-state index in [2.05, 4.69) is 50.2 Å². The van der Waals surface area contributed by atoms with Gasteiger partial charge < -0.3 is 15.7 Å². The number of aliphatic hydroxyl groups is 1. The number of likely N-dealkylation sites (tertiary alicyclic amines) is 1. The minimum absolute atomic E-state index is 0.0266. The number of carbonyl (C=O) groups is 1. The third-order valence-electron chi connectivity index (χ3n) is 4.77. The SMILES string of the molecule is CC(O)CC(C)(C)CNC(=O)NCC(C)(C)N1CCCC(C)C1. The number of aliphatic hydroxyl groups excluding tert-OH is 1. The van der Waals surface area contributed by atoms with E-state index in [0.717, 1.165) is 19.0 Å². The summed E-state index contributed by atoms with van der Waals surface area (Å²) in [5, 5.41) is 15.4. The highest BCUT2D eigenvalue weighted by Gasteiger charge is 2.30. The molecule has 2 atom stereocenters. The lowest BCUT2D eigenvalue weighted by atomic mass is 9.87. The molecule has 0 aliphatic carbocycles. The maximum absolute atomic E-state index is 12.1. The van der Waals surface area contributed by atoms with Gasteiger partial charge in [0.05, 0.1) is 6.10 Å². The standard InChI is InChI=1S/C18H37N3O2/c1-14-8-7-9-21(11-14)18(5,6)13-20-16(23)19-12-17(3,4)10-15(2)22/h14-15,22H,7-13H2,1-6H3,(H2,19,20,23). The molecular weight excluding hydrogens is 290 g/mol. The van der Waals surface area contributed by atoms with E-state index in [1.54, 1.807) is 6.92 Å². The average Bonchev–Trinajstić information content (AvgIpc) is 2.42. The third kappa shape index (κ3) is 7.53. The van der Waals surface area contributed by atoms with Crippen LogP contribution in [0.2, 0.25) is 0 Å². The van der Waals surface area contributed by atoms with Crippen molar-refractivity contribution in [1.29, 1.82) is 0 Å². The Bertz CT molecular complexity index is 380. The van der Waals surface area contributed by atoms with E-state index >= 15 is 0 Å². The number of hydrogen-bond donors (Lipinski definition) is 3. The summed E-state index contributed by atoms with van der Waals surface area (Å²) in [5.41, 5.74) is -0.134. The summed E-state index contributed by atoms with van der Waals surface area (Å²) >= 11 is 0. The second kappa shape index (κ2) is 8.34. The van der Waals surface area contributed by atoms with Gasteiger partial charge in [0.15, 0.2) is 0 Å². The van der Waals surface area contributed by atoms with Crippen LogP contribution in [0.3, 0.4) is 0 Å². The number of hydrogen-bond acceptors (Lipinski definition) is 3. The first-order chi connectivity index (χ1) is 10.5. The molecule has 1 fully saturated rings. The summed E-state index contributed by atoms with van der Waals surface area (Å²) in [5.74, 6) is 0.734. The summed E-state index contributed by atoms with van der Waals surface area (Å²) in [4.78, 5) is 14.6. The molecule has 1 rings (SSSR count). The normalized spacial score (nSPS) is 21.8. The second-order valence-corrected chi connectivity index (χ2v) is 8.76. The molecule has 0 aromatic rings. The number of rotatable bonds is 7. The topological polar surface area (TPSA) is 64.6 Å². The molecule has 0 spiro atoms. The lowest BCUT2D eigenvalue weighted by Crippen LogP contribution is -2.56. The monoisotopic (exact) mass is 327 g/mol. The van der Waals surface area contributed by atoms with Crippen LogP contribution in [0.15, 0.2) is 0 Å². The largest absolute Gasteiger partial charge is 0.393 e. The quantitative estimate of drug-likeness (QED) is 0.673. The van der Waals surface area contributed by atoms with E-state index in [1.807, 2.05) is 0 Å². The molecule has 0 aromatic heterocycles. The summed E-state index contributed by atoms with van der Waals surface area (Å²) in [7, 11) is 0. The molecule has 0 aromatic carbocycles. The Balaban J connectivity index is 2.37. The molecule has 3 N–H and O–H groups in total. The predicted molar refractivity (Wildman–Crippen MR) is 95.5 cm³/mol. The van der Waals surface area contributed by atoms with Crippen LogP contribution in [0, 0.1) is 11.3 Å². The number of urea groups is 1. The van der Waals surface area contributed by atoms with Gasteiger partial charge in [-0.15, -0.1) is 0 Å². The fourth-order valence-electron chi connectivity index (χ4n) is 3.40. The van der Waals surface area contributed by atoms with Gasteiger partial charge in [0.2, 0.25) is 0 Å². The summed E-state index contributed by atoms with van der Waals surface area (Å²) in [6.45, 7) is 16.0. The van der Waals surface area contributed by atoms with Gasteiger partial charge in [-0.3, -0.25) is 4.90 Å². The van der Waals surface area contributed by atoms with Gasteiger partial charge in [0, 0.05) is 25.2 Å². The Morgan fingerprint density at radius 2 is 1.87 bits per heavy atom. The Kier molecular flexibility index (Phi) is 7.33. The first kappa shape index (κ1) is 20.2. The van der Waals surface area contributed by atoms with Gasteiger partial charge in [-0.1, -0.05) is 20.8 Å². The minimum atomic E-state index is -0.352. The lowest BCUT2D eigenvalue weighted by molar-refractivity contribution is 0.0722. The molecule has 0 radical (unpaired) electrons. The van der Waals surface area contributed by atoms with Crippen molar-refractivity contribution in [2.75, 3.05) is 26.2 Å². The van der Waals surface area contributed by atoms with Crippen molar-refractivity contribution in [3.63, 3.8) is 0 Å². The zero-order chi connectivity index (χ0) is 17.7. The Hall–Kier alpha value is -0.810. The van der Waals surface area contributed by atoms with Crippen molar-refractivity contribution < 1.29 is 9.90 Å². The van der Waals surface area contributed by atoms with Crippen molar-refractivity contribution in [2.24, 2.45) is 11.3 Å².